The van der Waals surface area contributed by atoms with Crippen molar-refractivity contribution in [2.24, 2.45) is 0 Å². The van der Waals surface area contributed by atoms with Gasteiger partial charge in [0.15, 0.2) is 23.0 Å². The molecule has 2 heterocycles. The molecule has 2 aromatic rings. The van der Waals surface area contributed by atoms with Crippen molar-refractivity contribution in [1.29, 1.82) is 0 Å². The van der Waals surface area contributed by atoms with Gasteiger partial charge in [-0.15, -0.1) is 0 Å². The number of aliphatic hydroxyl groups is 5. The minimum absolute atomic E-state index is 0.0263. The zero-order chi connectivity index (χ0) is 25.3. The van der Waals surface area contributed by atoms with Crippen molar-refractivity contribution in [3.05, 3.63) is 47.0 Å². The molecule has 2 aliphatic rings. The van der Waals surface area contributed by atoms with Crippen molar-refractivity contribution < 1.29 is 49.6 Å². The maximum atomic E-state index is 10.5. The van der Waals surface area contributed by atoms with Crippen LogP contribution in [0.1, 0.15) is 42.1 Å². The van der Waals surface area contributed by atoms with Gasteiger partial charge in [0, 0.05) is 12.2 Å². The molecule has 0 aliphatic carbocycles. The summed E-state index contributed by atoms with van der Waals surface area (Å²) in [5.41, 5.74) is 2.19. The summed E-state index contributed by atoms with van der Waals surface area (Å²) in [6.07, 6.45) is -5.60. The number of phenols is 1. The Hall–Kier alpha value is -2.60. The van der Waals surface area contributed by atoms with Gasteiger partial charge in [-0.2, -0.15) is 0 Å². The van der Waals surface area contributed by atoms with E-state index in [1.807, 2.05) is 6.07 Å². The van der Waals surface area contributed by atoms with Crippen molar-refractivity contribution >= 4 is 0 Å². The predicted molar refractivity (Wildman–Crippen MR) is 123 cm³/mol. The number of hydrogen-bond acceptors (Lipinski definition) is 10. The van der Waals surface area contributed by atoms with Crippen molar-refractivity contribution in [3.8, 4) is 23.0 Å². The molecule has 1 fully saturated rings. The fourth-order valence-corrected chi connectivity index (χ4v) is 4.59. The van der Waals surface area contributed by atoms with E-state index in [1.54, 1.807) is 31.2 Å². The van der Waals surface area contributed by atoms with Crippen LogP contribution in [0.3, 0.4) is 0 Å². The SMILES string of the molecule is COc1cc([C@@H]2Oc3c(O)cc(CCCO)cc3[C@H]2CO)ccc1O[C@H]1O[C@H](C)[C@@H](O)[C@H](O)[C@@H]1O. The Bertz CT molecular complexity index is 1030. The number of aryl methyl sites for hydroxylation is 1. The van der Waals surface area contributed by atoms with E-state index < -0.39 is 42.7 Å². The molecule has 0 saturated carbocycles. The van der Waals surface area contributed by atoms with Crippen molar-refractivity contribution in [1.82, 2.24) is 0 Å². The second-order valence-corrected chi connectivity index (χ2v) is 8.90. The molecule has 10 heteroatoms. The fraction of sp³-hybridized carbons (Fsp3) is 0.520. The molecule has 0 amide bonds. The van der Waals surface area contributed by atoms with Gasteiger partial charge < -0.3 is 49.6 Å². The Morgan fingerprint density at radius 2 is 1.74 bits per heavy atom. The predicted octanol–water partition coefficient (Wildman–Crippen LogP) is 0.742. The first-order chi connectivity index (χ1) is 16.8. The van der Waals surface area contributed by atoms with E-state index >= 15 is 0 Å². The van der Waals surface area contributed by atoms with Crippen LogP contribution in [0.4, 0.5) is 0 Å². The van der Waals surface area contributed by atoms with Gasteiger partial charge in [-0.1, -0.05) is 12.1 Å². The third kappa shape index (κ3) is 4.90. The van der Waals surface area contributed by atoms with E-state index in [0.717, 1.165) is 5.56 Å². The lowest BCUT2D eigenvalue weighted by molar-refractivity contribution is -0.268. The summed E-state index contributed by atoms with van der Waals surface area (Å²) < 4.78 is 22.8. The van der Waals surface area contributed by atoms with Gasteiger partial charge in [-0.3, -0.25) is 0 Å². The van der Waals surface area contributed by atoms with Crippen molar-refractivity contribution in [2.75, 3.05) is 20.3 Å². The molecule has 7 atom stereocenters. The number of aromatic hydroxyl groups is 1. The van der Waals surface area contributed by atoms with E-state index in [-0.39, 0.29) is 24.7 Å². The zero-order valence-electron chi connectivity index (χ0n) is 19.6. The van der Waals surface area contributed by atoms with E-state index in [9.17, 15) is 25.5 Å². The van der Waals surface area contributed by atoms with Crippen molar-refractivity contribution in [2.45, 2.75) is 62.5 Å². The van der Waals surface area contributed by atoms with Gasteiger partial charge in [0.25, 0.3) is 0 Å². The molecular formula is C25H32O10. The standard InChI is InChI=1S/C25H32O10/c1-12-20(29)21(30)22(31)25(33-12)34-18-6-5-14(10-19(18)32-2)23-16(11-27)15-8-13(4-3-7-26)9-17(28)24(15)35-23/h5-6,8-10,12,16,20-23,25-31H,3-4,7,11H2,1-2H3/t12-,16-,20-,21+,22+,23+,25-/m1/s1. The summed E-state index contributed by atoms with van der Waals surface area (Å²) >= 11 is 0. The van der Waals surface area contributed by atoms with Crippen LogP contribution < -0.4 is 14.2 Å². The Morgan fingerprint density at radius 3 is 2.43 bits per heavy atom. The Morgan fingerprint density at radius 1 is 0.971 bits per heavy atom. The molecular weight excluding hydrogens is 460 g/mol. The highest BCUT2D eigenvalue weighted by Gasteiger charge is 2.43. The first-order valence-electron chi connectivity index (χ1n) is 11.6. The van der Waals surface area contributed by atoms with Crippen LogP contribution in [0.2, 0.25) is 0 Å². The number of fused-ring (bicyclic) bond motifs is 1. The topological polar surface area (TPSA) is 158 Å². The third-order valence-electron chi connectivity index (χ3n) is 6.56. The summed E-state index contributed by atoms with van der Waals surface area (Å²) in [6.45, 7) is 1.38. The van der Waals surface area contributed by atoms with E-state index in [4.69, 9.17) is 24.1 Å². The molecule has 0 radical (unpaired) electrons. The molecule has 1 saturated heterocycles. The molecule has 0 spiro atoms. The maximum Gasteiger partial charge on any atom is 0.229 e. The van der Waals surface area contributed by atoms with E-state index in [1.165, 1.54) is 7.11 Å². The molecule has 2 aliphatic heterocycles. The molecule has 10 nitrogen and oxygen atoms in total. The van der Waals surface area contributed by atoms with Gasteiger partial charge in [0.1, 0.15) is 24.4 Å². The van der Waals surface area contributed by atoms with Gasteiger partial charge in [-0.05, 0) is 49.1 Å². The largest absolute Gasteiger partial charge is 0.504 e. The lowest BCUT2D eigenvalue weighted by atomic mass is 9.90. The maximum absolute atomic E-state index is 10.5. The van der Waals surface area contributed by atoms with Crippen LogP contribution in [-0.4, -0.2) is 81.7 Å². The minimum atomic E-state index is -1.47. The first-order valence-corrected chi connectivity index (χ1v) is 11.6. The van der Waals surface area contributed by atoms with E-state index in [2.05, 4.69) is 0 Å². The second-order valence-electron chi connectivity index (χ2n) is 8.90. The molecule has 2 aromatic carbocycles. The molecule has 0 aromatic heterocycles. The molecule has 4 rings (SSSR count). The molecule has 0 bridgehead atoms. The molecule has 0 unspecified atom stereocenters. The zero-order valence-corrected chi connectivity index (χ0v) is 19.6. The van der Waals surface area contributed by atoms with Crippen molar-refractivity contribution in [3.63, 3.8) is 0 Å². The average Bonchev–Trinajstić information content (AvgIpc) is 3.24. The average molecular weight is 493 g/mol. The van der Waals surface area contributed by atoms with Crippen LogP contribution in [0.25, 0.3) is 0 Å². The normalized spacial score (nSPS) is 30.0. The minimum Gasteiger partial charge on any atom is -0.504 e. The number of phenolic OH excluding ortho intramolecular Hbond substituents is 1. The Labute approximate surface area is 202 Å². The fourth-order valence-electron chi connectivity index (χ4n) is 4.59. The quantitative estimate of drug-likeness (QED) is 0.310. The molecule has 6 N–H and O–H groups in total. The van der Waals surface area contributed by atoms with Gasteiger partial charge in [0.05, 0.1) is 25.7 Å². The molecule has 192 valence electrons. The summed E-state index contributed by atoms with van der Waals surface area (Å²) in [4.78, 5) is 0. The summed E-state index contributed by atoms with van der Waals surface area (Å²) in [5, 5.41) is 60.0. The van der Waals surface area contributed by atoms with Crippen LogP contribution in [0.5, 0.6) is 23.0 Å². The molecule has 35 heavy (non-hydrogen) atoms. The number of rotatable bonds is 8. The highest BCUT2D eigenvalue weighted by Crippen LogP contribution is 2.51. The summed E-state index contributed by atoms with van der Waals surface area (Å²) in [7, 11) is 1.44. The second kappa shape index (κ2) is 10.6. The number of aliphatic hydroxyl groups excluding tert-OH is 5. The highest BCUT2D eigenvalue weighted by molar-refractivity contribution is 5.55. The number of ether oxygens (including phenoxy) is 4. The Balaban J connectivity index is 1.58. The number of benzene rings is 2. The van der Waals surface area contributed by atoms with Gasteiger partial charge in [0.2, 0.25) is 6.29 Å². The van der Waals surface area contributed by atoms with Crippen LogP contribution in [0, 0.1) is 0 Å². The van der Waals surface area contributed by atoms with Gasteiger partial charge in [-0.25, -0.2) is 0 Å². The monoisotopic (exact) mass is 492 g/mol. The lowest BCUT2D eigenvalue weighted by Crippen LogP contribution is -2.58. The third-order valence-corrected chi connectivity index (χ3v) is 6.56. The van der Waals surface area contributed by atoms with Gasteiger partial charge >= 0.3 is 0 Å². The summed E-state index contributed by atoms with van der Waals surface area (Å²) in [5.74, 6) is 0.377. The highest BCUT2D eigenvalue weighted by atomic mass is 16.7. The van der Waals surface area contributed by atoms with E-state index in [0.29, 0.717) is 35.5 Å². The number of hydrogen-bond donors (Lipinski definition) is 6. The van der Waals surface area contributed by atoms with Crippen LogP contribution in [-0.2, 0) is 11.2 Å². The first kappa shape index (κ1) is 25.5. The Kier molecular flexibility index (Phi) is 7.70. The van der Waals surface area contributed by atoms with Crippen LogP contribution >= 0.6 is 0 Å². The lowest BCUT2D eigenvalue weighted by Gasteiger charge is -2.39. The smallest absolute Gasteiger partial charge is 0.229 e. The van der Waals surface area contributed by atoms with Crippen LogP contribution in [0.15, 0.2) is 30.3 Å². The number of methoxy groups -OCH3 is 1. The summed E-state index contributed by atoms with van der Waals surface area (Å²) in [6, 6.07) is 8.46.